The van der Waals surface area contributed by atoms with Crippen LogP contribution in [0.1, 0.15) is 83.1 Å². The van der Waals surface area contributed by atoms with Gasteiger partial charge in [0.25, 0.3) is 0 Å². The molecule has 2 heteroatoms. The molecular formula is C22H32O2. The molecule has 1 aromatic rings. The molecule has 24 heavy (non-hydrogen) atoms. The van der Waals surface area contributed by atoms with Crippen molar-refractivity contribution in [2.24, 2.45) is 17.8 Å². The van der Waals surface area contributed by atoms with Gasteiger partial charge in [0.05, 0.1) is 0 Å². The van der Waals surface area contributed by atoms with Gasteiger partial charge in [-0.25, -0.2) is 0 Å². The first-order chi connectivity index (χ1) is 11.7. The Morgan fingerprint density at radius 3 is 1.96 bits per heavy atom. The van der Waals surface area contributed by atoms with Crippen LogP contribution in [0, 0.1) is 17.8 Å². The van der Waals surface area contributed by atoms with Gasteiger partial charge < -0.3 is 4.74 Å². The van der Waals surface area contributed by atoms with Crippen molar-refractivity contribution >= 4 is 5.97 Å². The molecule has 3 rings (SSSR count). The minimum Gasteiger partial charge on any atom is -0.427 e. The van der Waals surface area contributed by atoms with Crippen molar-refractivity contribution in [1.82, 2.24) is 0 Å². The lowest BCUT2D eigenvalue weighted by Crippen LogP contribution is -2.25. The summed E-state index contributed by atoms with van der Waals surface area (Å²) >= 11 is 0. The van der Waals surface area contributed by atoms with Crippen molar-refractivity contribution in [3.63, 3.8) is 0 Å². The lowest BCUT2D eigenvalue weighted by molar-refractivity contribution is -0.131. The third kappa shape index (κ3) is 4.40. The highest BCUT2D eigenvalue weighted by Crippen LogP contribution is 2.44. The van der Waals surface area contributed by atoms with Gasteiger partial charge in [-0.15, -0.1) is 0 Å². The van der Waals surface area contributed by atoms with Crippen molar-refractivity contribution in [1.29, 1.82) is 0 Å². The zero-order valence-electron chi connectivity index (χ0n) is 15.3. The first-order valence-electron chi connectivity index (χ1n) is 9.94. The Morgan fingerprint density at radius 1 is 0.917 bits per heavy atom. The summed E-state index contributed by atoms with van der Waals surface area (Å²) in [4.78, 5) is 11.0. The number of esters is 1. The van der Waals surface area contributed by atoms with Crippen LogP contribution in [0.2, 0.25) is 0 Å². The Hall–Kier alpha value is -1.31. The van der Waals surface area contributed by atoms with Crippen molar-refractivity contribution in [3.8, 4) is 5.75 Å². The van der Waals surface area contributed by atoms with Crippen LogP contribution in [0.5, 0.6) is 5.75 Å². The van der Waals surface area contributed by atoms with Crippen LogP contribution >= 0.6 is 0 Å². The van der Waals surface area contributed by atoms with Crippen LogP contribution in [0.15, 0.2) is 24.3 Å². The van der Waals surface area contributed by atoms with E-state index in [0.717, 1.165) is 17.8 Å². The van der Waals surface area contributed by atoms with E-state index < -0.39 is 0 Å². The highest BCUT2D eigenvalue weighted by Gasteiger charge is 2.30. The largest absolute Gasteiger partial charge is 0.427 e. The maximum Gasteiger partial charge on any atom is 0.308 e. The zero-order valence-corrected chi connectivity index (χ0v) is 15.3. The minimum atomic E-state index is -0.249. The molecule has 0 aliphatic heterocycles. The molecule has 0 atom stereocenters. The zero-order chi connectivity index (χ0) is 16.9. The second-order valence-corrected chi connectivity index (χ2v) is 7.96. The van der Waals surface area contributed by atoms with Gasteiger partial charge in [0, 0.05) is 6.92 Å². The first-order valence-corrected chi connectivity index (χ1v) is 9.94. The average molecular weight is 328 g/mol. The van der Waals surface area contributed by atoms with Crippen molar-refractivity contribution in [3.05, 3.63) is 29.8 Å². The van der Waals surface area contributed by atoms with Crippen LogP contribution in [0.4, 0.5) is 0 Å². The van der Waals surface area contributed by atoms with E-state index in [1.54, 1.807) is 0 Å². The molecule has 1 aromatic carbocycles. The third-order valence-electron chi connectivity index (χ3n) is 6.52. The molecule has 2 saturated carbocycles. The van der Waals surface area contributed by atoms with E-state index >= 15 is 0 Å². The second-order valence-electron chi connectivity index (χ2n) is 7.96. The summed E-state index contributed by atoms with van der Waals surface area (Å²) in [6.45, 7) is 3.80. The SMILES string of the molecule is CCC1CCC(C2CCC(c3ccc(OC(C)=O)cc3)CC2)CC1. The van der Waals surface area contributed by atoms with Crippen LogP contribution in [0.25, 0.3) is 0 Å². The third-order valence-corrected chi connectivity index (χ3v) is 6.52. The Balaban J connectivity index is 1.49. The molecule has 0 saturated heterocycles. The predicted molar refractivity (Wildman–Crippen MR) is 98.2 cm³/mol. The fraction of sp³-hybridized carbons (Fsp3) is 0.682. The molecule has 0 heterocycles. The van der Waals surface area contributed by atoms with Gasteiger partial charge >= 0.3 is 5.97 Å². The van der Waals surface area contributed by atoms with Crippen LogP contribution in [0.3, 0.4) is 0 Å². The Bertz CT molecular complexity index is 517. The van der Waals surface area contributed by atoms with Gasteiger partial charge in [-0.1, -0.05) is 38.3 Å². The van der Waals surface area contributed by atoms with E-state index in [2.05, 4.69) is 19.1 Å². The Kier molecular flexibility index (Phi) is 5.97. The van der Waals surface area contributed by atoms with Gasteiger partial charge in [0.2, 0.25) is 0 Å². The maximum atomic E-state index is 11.0. The molecule has 0 radical (unpaired) electrons. The summed E-state index contributed by atoms with van der Waals surface area (Å²) in [5, 5.41) is 0. The number of hydrogen-bond acceptors (Lipinski definition) is 2. The van der Waals surface area contributed by atoms with Crippen molar-refractivity contribution in [2.75, 3.05) is 0 Å². The number of rotatable bonds is 4. The molecule has 0 bridgehead atoms. The lowest BCUT2D eigenvalue weighted by Gasteiger charge is -2.38. The predicted octanol–water partition coefficient (Wildman–Crippen LogP) is 6.10. The average Bonchev–Trinajstić information content (AvgIpc) is 2.62. The lowest BCUT2D eigenvalue weighted by atomic mass is 9.68. The minimum absolute atomic E-state index is 0.249. The summed E-state index contributed by atoms with van der Waals surface area (Å²) in [6, 6.07) is 8.18. The number of ether oxygens (including phenoxy) is 1. The Morgan fingerprint density at radius 2 is 1.46 bits per heavy atom. The summed E-state index contributed by atoms with van der Waals surface area (Å²) in [6.07, 6.45) is 12.7. The molecule has 0 N–H and O–H groups in total. The molecule has 2 nitrogen and oxygen atoms in total. The normalized spacial score (nSPS) is 30.8. The molecule has 0 spiro atoms. The summed E-state index contributed by atoms with van der Waals surface area (Å²) in [7, 11) is 0. The fourth-order valence-corrected chi connectivity index (χ4v) is 4.97. The van der Waals surface area contributed by atoms with Gasteiger partial charge in [-0.2, -0.15) is 0 Å². The molecule has 2 fully saturated rings. The molecule has 0 unspecified atom stereocenters. The Labute approximate surface area is 147 Å². The quantitative estimate of drug-likeness (QED) is 0.493. The highest BCUT2D eigenvalue weighted by atomic mass is 16.5. The van der Waals surface area contributed by atoms with Crippen LogP contribution in [-0.2, 0) is 4.79 Å². The molecular weight excluding hydrogens is 296 g/mol. The first kappa shape index (κ1) is 17.5. The maximum absolute atomic E-state index is 11.0. The van der Waals surface area contributed by atoms with E-state index in [4.69, 9.17) is 4.74 Å². The monoisotopic (exact) mass is 328 g/mol. The summed E-state index contributed by atoms with van der Waals surface area (Å²) in [5.74, 6) is 4.08. The van der Waals surface area contributed by atoms with E-state index in [9.17, 15) is 4.79 Å². The number of hydrogen-bond donors (Lipinski definition) is 0. The molecule has 2 aliphatic carbocycles. The van der Waals surface area contributed by atoms with E-state index in [0.29, 0.717) is 11.7 Å². The standard InChI is InChI=1S/C22H32O2/c1-3-17-4-6-18(7-5-17)19-8-10-20(11-9-19)21-12-14-22(15-13-21)24-16(2)23/h12-15,17-20H,3-11H2,1-2H3. The van der Waals surface area contributed by atoms with Gasteiger partial charge in [-0.05, 0) is 79.9 Å². The summed E-state index contributed by atoms with van der Waals surface area (Å²) in [5.41, 5.74) is 1.42. The van der Waals surface area contributed by atoms with E-state index in [-0.39, 0.29) is 5.97 Å². The van der Waals surface area contributed by atoms with E-state index in [1.807, 2.05) is 12.1 Å². The van der Waals surface area contributed by atoms with Gasteiger partial charge in [-0.3, -0.25) is 4.79 Å². The van der Waals surface area contributed by atoms with Crippen LogP contribution < -0.4 is 4.74 Å². The van der Waals surface area contributed by atoms with Gasteiger partial charge in [0.1, 0.15) is 5.75 Å². The highest BCUT2D eigenvalue weighted by molar-refractivity contribution is 5.69. The topological polar surface area (TPSA) is 26.3 Å². The number of carbonyl (C=O) groups excluding carboxylic acids is 1. The summed E-state index contributed by atoms with van der Waals surface area (Å²) < 4.78 is 5.13. The smallest absolute Gasteiger partial charge is 0.308 e. The van der Waals surface area contributed by atoms with Gasteiger partial charge in [0.15, 0.2) is 0 Å². The van der Waals surface area contributed by atoms with Crippen molar-refractivity contribution in [2.45, 2.75) is 77.6 Å². The fourth-order valence-electron chi connectivity index (χ4n) is 4.97. The number of carbonyl (C=O) groups is 1. The molecule has 2 aliphatic rings. The molecule has 132 valence electrons. The van der Waals surface area contributed by atoms with E-state index in [1.165, 1.54) is 70.3 Å². The molecule has 0 amide bonds. The van der Waals surface area contributed by atoms with Crippen LogP contribution in [-0.4, -0.2) is 5.97 Å². The van der Waals surface area contributed by atoms with Crippen molar-refractivity contribution < 1.29 is 9.53 Å². The second kappa shape index (κ2) is 8.18. The number of benzene rings is 1. The molecule has 0 aromatic heterocycles.